The topological polar surface area (TPSA) is 50.3 Å². The molecule has 0 aromatic carbocycles. The number of aromatic nitrogens is 1. The number of sulfonamides is 1. The highest BCUT2D eigenvalue weighted by atomic mass is 32.2. The van der Waals surface area contributed by atoms with E-state index in [1.165, 1.54) is 22.7 Å². The standard InChI is InChI=1S/C12H14N2O2S2/c1-9-8-11(10(2)17-9)18(15,16)14(3)12-6-4-5-7-13-12/h4-8H,1-3H3. The van der Waals surface area contributed by atoms with Crippen molar-refractivity contribution in [2.75, 3.05) is 11.4 Å². The first kappa shape index (κ1) is 13.0. The van der Waals surface area contributed by atoms with E-state index in [-0.39, 0.29) is 0 Å². The van der Waals surface area contributed by atoms with Crippen LogP contribution in [0.4, 0.5) is 5.82 Å². The van der Waals surface area contributed by atoms with Gasteiger partial charge in [-0.2, -0.15) is 0 Å². The average molecular weight is 282 g/mol. The summed E-state index contributed by atoms with van der Waals surface area (Å²) in [5, 5.41) is 0. The predicted molar refractivity (Wildman–Crippen MR) is 73.6 cm³/mol. The zero-order chi connectivity index (χ0) is 13.3. The first-order valence-corrected chi connectivity index (χ1v) is 7.65. The highest BCUT2D eigenvalue weighted by molar-refractivity contribution is 7.93. The molecule has 4 nitrogen and oxygen atoms in total. The van der Waals surface area contributed by atoms with Crippen LogP contribution in [0, 0.1) is 13.8 Å². The summed E-state index contributed by atoms with van der Waals surface area (Å²) in [5.41, 5.74) is 0. The number of aryl methyl sites for hydroxylation is 2. The molecule has 2 aromatic rings. The highest BCUT2D eigenvalue weighted by Crippen LogP contribution is 2.28. The Morgan fingerprint density at radius 2 is 2.00 bits per heavy atom. The SMILES string of the molecule is Cc1cc(S(=O)(=O)N(C)c2ccccn2)c(C)s1. The second-order valence-electron chi connectivity index (χ2n) is 3.94. The van der Waals surface area contributed by atoms with Crippen LogP contribution in [-0.2, 0) is 10.0 Å². The molecule has 18 heavy (non-hydrogen) atoms. The van der Waals surface area contributed by atoms with Crippen molar-refractivity contribution in [3.05, 3.63) is 40.2 Å². The molecule has 0 radical (unpaired) electrons. The Hall–Kier alpha value is -1.40. The fourth-order valence-electron chi connectivity index (χ4n) is 1.67. The smallest absolute Gasteiger partial charge is 0.253 e. The maximum absolute atomic E-state index is 12.5. The van der Waals surface area contributed by atoms with Gasteiger partial charge in [-0.3, -0.25) is 4.31 Å². The Kier molecular flexibility index (Phi) is 3.41. The van der Waals surface area contributed by atoms with Crippen LogP contribution >= 0.6 is 11.3 Å². The summed E-state index contributed by atoms with van der Waals surface area (Å²) < 4.78 is 26.1. The average Bonchev–Trinajstić information content (AvgIpc) is 2.69. The Balaban J connectivity index is 2.47. The number of nitrogens with zero attached hydrogens (tertiary/aromatic N) is 2. The van der Waals surface area contributed by atoms with Crippen molar-refractivity contribution in [2.45, 2.75) is 18.7 Å². The largest absolute Gasteiger partial charge is 0.266 e. The van der Waals surface area contributed by atoms with Crippen LogP contribution in [-0.4, -0.2) is 20.4 Å². The van der Waals surface area contributed by atoms with Gasteiger partial charge in [0.15, 0.2) is 0 Å². The lowest BCUT2D eigenvalue weighted by Gasteiger charge is -2.17. The molecule has 0 aliphatic heterocycles. The van der Waals surface area contributed by atoms with Gasteiger partial charge in [-0.15, -0.1) is 11.3 Å². The van der Waals surface area contributed by atoms with Crippen LogP contribution in [0.5, 0.6) is 0 Å². The fourth-order valence-corrected chi connectivity index (χ4v) is 4.35. The van der Waals surface area contributed by atoms with Gasteiger partial charge in [0.05, 0.1) is 0 Å². The van der Waals surface area contributed by atoms with Crippen LogP contribution in [0.2, 0.25) is 0 Å². The first-order chi connectivity index (χ1) is 8.43. The van der Waals surface area contributed by atoms with Crippen molar-refractivity contribution in [1.82, 2.24) is 4.98 Å². The zero-order valence-electron chi connectivity index (χ0n) is 10.4. The molecule has 96 valence electrons. The number of thiophene rings is 1. The molecule has 0 N–H and O–H groups in total. The van der Waals surface area contributed by atoms with E-state index in [0.717, 1.165) is 9.75 Å². The molecular weight excluding hydrogens is 268 g/mol. The molecule has 0 bridgehead atoms. The molecule has 0 aliphatic carbocycles. The number of anilines is 1. The minimum absolute atomic E-state index is 0.359. The van der Waals surface area contributed by atoms with E-state index in [2.05, 4.69) is 4.98 Å². The lowest BCUT2D eigenvalue weighted by molar-refractivity contribution is 0.594. The van der Waals surface area contributed by atoms with Crippen LogP contribution in [0.3, 0.4) is 0 Å². The van der Waals surface area contributed by atoms with Crippen molar-refractivity contribution in [3.63, 3.8) is 0 Å². The van der Waals surface area contributed by atoms with E-state index < -0.39 is 10.0 Å². The Bertz CT molecular complexity index is 648. The van der Waals surface area contributed by atoms with Crippen LogP contribution in [0.1, 0.15) is 9.75 Å². The molecule has 2 heterocycles. The molecule has 0 fully saturated rings. The number of pyridine rings is 1. The molecule has 0 aliphatic rings. The summed E-state index contributed by atoms with van der Waals surface area (Å²) in [5.74, 6) is 0.417. The molecule has 0 amide bonds. The molecular formula is C12H14N2O2S2. The monoisotopic (exact) mass is 282 g/mol. The Labute approximate surface area is 111 Å². The van der Waals surface area contributed by atoms with Crippen molar-refractivity contribution in [2.24, 2.45) is 0 Å². The summed E-state index contributed by atoms with van der Waals surface area (Å²) in [6.45, 7) is 3.72. The molecule has 0 unspecified atom stereocenters. The third-order valence-corrected chi connectivity index (χ3v) is 5.59. The summed E-state index contributed by atoms with van der Waals surface area (Å²) in [6, 6.07) is 6.89. The van der Waals surface area contributed by atoms with Crippen molar-refractivity contribution in [1.29, 1.82) is 0 Å². The highest BCUT2D eigenvalue weighted by Gasteiger charge is 2.25. The zero-order valence-corrected chi connectivity index (χ0v) is 12.0. The van der Waals surface area contributed by atoms with Crippen LogP contribution in [0.15, 0.2) is 35.4 Å². The molecule has 0 spiro atoms. The second kappa shape index (κ2) is 4.70. The van der Waals surface area contributed by atoms with Crippen LogP contribution in [0.25, 0.3) is 0 Å². The number of hydrogen-bond donors (Lipinski definition) is 0. The molecule has 0 atom stereocenters. The van der Waals surface area contributed by atoms with E-state index in [4.69, 9.17) is 0 Å². The lowest BCUT2D eigenvalue weighted by Crippen LogP contribution is -2.27. The normalized spacial score (nSPS) is 11.5. The van der Waals surface area contributed by atoms with Gasteiger partial charge < -0.3 is 0 Å². The van der Waals surface area contributed by atoms with Gasteiger partial charge in [0, 0.05) is 23.0 Å². The third kappa shape index (κ3) is 2.26. The van der Waals surface area contributed by atoms with Gasteiger partial charge in [-0.05, 0) is 32.0 Å². The Morgan fingerprint density at radius 1 is 1.28 bits per heavy atom. The van der Waals surface area contributed by atoms with Crippen LogP contribution < -0.4 is 4.31 Å². The second-order valence-corrected chi connectivity index (χ2v) is 7.34. The Morgan fingerprint density at radius 3 is 2.50 bits per heavy atom. The molecule has 2 rings (SSSR count). The lowest BCUT2D eigenvalue weighted by atomic mass is 10.4. The van der Waals surface area contributed by atoms with Gasteiger partial charge in [-0.25, -0.2) is 13.4 Å². The number of hydrogen-bond acceptors (Lipinski definition) is 4. The minimum atomic E-state index is -3.52. The van der Waals surface area contributed by atoms with E-state index in [1.54, 1.807) is 30.5 Å². The van der Waals surface area contributed by atoms with E-state index in [0.29, 0.717) is 10.7 Å². The summed E-state index contributed by atoms with van der Waals surface area (Å²) in [7, 11) is -2.00. The van der Waals surface area contributed by atoms with E-state index >= 15 is 0 Å². The van der Waals surface area contributed by atoms with Crippen molar-refractivity contribution < 1.29 is 8.42 Å². The summed E-state index contributed by atoms with van der Waals surface area (Å²) in [6.07, 6.45) is 1.58. The molecule has 2 aromatic heterocycles. The van der Waals surface area contributed by atoms with Gasteiger partial charge >= 0.3 is 0 Å². The van der Waals surface area contributed by atoms with Gasteiger partial charge in [0.2, 0.25) is 0 Å². The third-order valence-electron chi connectivity index (χ3n) is 2.61. The predicted octanol–water partition coefficient (Wildman–Crippen LogP) is 2.59. The molecule has 0 saturated carbocycles. The number of rotatable bonds is 3. The summed E-state index contributed by atoms with van der Waals surface area (Å²) >= 11 is 1.48. The van der Waals surface area contributed by atoms with E-state index in [9.17, 15) is 8.42 Å². The fraction of sp³-hybridized carbons (Fsp3) is 0.250. The maximum Gasteiger partial charge on any atom is 0.266 e. The molecule has 6 heteroatoms. The van der Waals surface area contributed by atoms with Gasteiger partial charge in [0.25, 0.3) is 10.0 Å². The van der Waals surface area contributed by atoms with Crippen molar-refractivity contribution >= 4 is 27.2 Å². The van der Waals surface area contributed by atoms with Crippen molar-refractivity contribution in [3.8, 4) is 0 Å². The first-order valence-electron chi connectivity index (χ1n) is 5.40. The van der Waals surface area contributed by atoms with Gasteiger partial charge in [0.1, 0.15) is 10.7 Å². The summed E-state index contributed by atoms with van der Waals surface area (Å²) in [4.78, 5) is 6.20. The van der Waals surface area contributed by atoms with E-state index in [1.807, 2.05) is 13.8 Å². The minimum Gasteiger partial charge on any atom is -0.253 e. The maximum atomic E-state index is 12.5. The molecule has 0 saturated heterocycles. The van der Waals surface area contributed by atoms with Gasteiger partial charge in [-0.1, -0.05) is 6.07 Å². The quantitative estimate of drug-likeness (QED) is 0.869.